The van der Waals surface area contributed by atoms with E-state index in [0.717, 1.165) is 29.8 Å². The second-order valence-electron chi connectivity index (χ2n) is 7.05. The summed E-state index contributed by atoms with van der Waals surface area (Å²) in [4.78, 5) is 30.7. The minimum atomic E-state index is -0.243. The van der Waals surface area contributed by atoms with Crippen LogP contribution in [-0.2, 0) is 6.42 Å². The Morgan fingerprint density at radius 2 is 1.74 bits per heavy atom. The number of carbonyl (C=O) groups excluding carboxylic acids is 2. The van der Waals surface area contributed by atoms with E-state index in [4.69, 9.17) is 4.74 Å². The van der Waals surface area contributed by atoms with Crippen LogP contribution in [0.5, 0.6) is 5.75 Å². The highest BCUT2D eigenvalue weighted by molar-refractivity contribution is 14.0. The van der Waals surface area contributed by atoms with Gasteiger partial charge in [-0.05, 0) is 49.6 Å². The maximum absolute atomic E-state index is 12.4. The fourth-order valence-electron chi connectivity index (χ4n) is 3.39. The number of methoxy groups -OCH3 is 1. The van der Waals surface area contributed by atoms with Gasteiger partial charge in [0.25, 0.3) is 11.8 Å². The van der Waals surface area contributed by atoms with Crippen LogP contribution in [0.15, 0.2) is 47.5 Å². The van der Waals surface area contributed by atoms with Crippen molar-refractivity contribution in [1.29, 1.82) is 0 Å². The van der Waals surface area contributed by atoms with E-state index in [1.165, 1.54) is 4.90 Å². The van der Waals surface area contributed by atoms with Gasteiger partial charge in [0.15, 0.2) is 5.96 Å². The monoisotopic (exact) mass is 536 g/mol. The molecular weight excluding hydrogens is 507 g/mol. The van der Waals surface area contributed by atoms with Gasteiger partial charge in [0.1, 0.15) is 5.75 Å². The molecule has 0 atom stereocenters. The van der Waals surface area contributed by atoms with E-state index in [1.54, 1.807) is 31.4 Å². The van der Waals surface area contributed by atoms with Crippen molar-refractivity contribution in [2.24, 2.45) is 4.99 Å². The number of halogens is 1. The fraction of sp³-hybridized carbons (Fsp3) is 0.348. The highest BCUT2D eigenvalue weighted by Crippen LogP contribution is 2.22. The van der Waals surface area contributed by atoms with Crippen LogP contribution in [0, 0.1) is 6.92 Å². The van der Waals surface area contributed by atoms with Gasteiger partial charge in [-0.15, -0.1) is 24.0 Å². The molecule has 31 heavy (non-hydrogen) atoms. The minimum absolute atomic E-state index is 0. The molecule has 0 spiro atoms. The number of aryl methyl sites for hydroxylation is 1. The number of guanidine groups is 1. The van der Waals surface area contributed by atoms with Crippen LogP contribution in [-0.4, -0.2) is 56.0 Å². The molecule has 0 bridgehead atoms. The summed E-state index contributed by atoms with van der Waals surface area (Å²) in [7, 11) is 1.67. The second-order valence-corrected chi connectivity index (χ2v) is 7.05. The zero-order valence-corrected chi connectivity index (χ0v) is 20.4. The minimum Gasteiger partial charge on any atom is -0.496 e. The van der Waals surface area contributed by atoms with Crippen LogP contribution in [0.4, 0.5) is 0 Å². The van der Waals surface area contributed by atoms with E-state index in [-0.39, 0.29) is 42.3 Å². The average Bonchev–Trinajstić information content (AvgIpc) is 3.00. The van der Waals surface area contributed by atoms with Crippen LogP contribution in [0.1, 0.15) is 38.8 Å². The zero-order chi connectivity index (χ0) is 21.5. The number of hydrogen-bond acceptors (Lipinski definition) is 4. The molecule has 0 radical (unpaired) electrons. The third-order valence-electron chi connectivity index (χ3n) is 4.99. The number of hydrogen-bond donors (Lipinski definition) is 2. The first-order chi connectivity index (χ1) is 14.5. The number of aliphatic imine (C=N–C) groups is 1. The number of imide groups is 1. The smallest absolute Gasteiger partial charge is 0.261 e. The van der Waals surface area contributed by atoms with Crippen molar-refractivity contribution in [3.63, 3.8) is 0 Å². The summed E-state index contributed by atoms with van der Waals surface area (Å²) >= 11 is 0. The molecule has 3 rings (SSSR count). The van der Waals surface area contributed by atoms with E-state index < -0.39 is 0 Å². The summed E-state index contributed by atoms with van der Waals surface area (Å²) < 4.78 is 5.37. The Bertz CT molecular complexity index is 927. The van der Waals surface area contributed by atoms with Gasteiger partial charge in [-0.1, -0.05) is 24.3 Å². The van der Waals surface area contributed by atoms with Gasteiger partial charge < -0.3 is 15.4 Å². The molecule has 1 aliphatic heterocycles. The van der Waals surface area contributed by atoms with Crippen molar-refractivity contribution in [2.75, 3.05) is 33.3 Å². The number of benzene rings is 2. The van der Waals surface area contributed by atoms with Crippen molar-refractivity contribution in [1.82, 2.24) is 15.5 Å². The molecule has 7 nitrogen and oxygen atoms in total. The average molecular weight is 536 g/mol. The molecule has 2 aromatic carbocycles. The highest BCUT2D eigenvalue weighted by Gasteiger charge is 2.34. The normalized spacial score (nSPS) is 13.0. The van der Waals surface area contributed by atoms with Gasteiger partial charge in [-0.25, -0.2) is 0 Å². The standard InChI is InChI=1S/C23H28N4O3.HI/c1-4-24-23(25-12-11-17-10-9-16(2)20(15-17)30-3)26-13-14-27-21(28)18-7-5-6-8-19(18)22(27)29;/h5-10,15H,4,11-14H2,1-3H3,(H2,24,25,26);1H. The molecular formula is C23H29IN4O3. The first kappa shape index (κ1) is 24.6. The fourth-order valence-corrected chi connectivity index (χ4v) is 3.39. The molecule has 0 unspecified atom stereocenters. The van der Waals surface area contributed by atoms with Gasteiger partial charge in [-0.2, -0.15) is 0 Å². The van der Waals surface area contributed by atoms with Crippen molar-refractivity contribution < 1.29 is 14.3 Å². The van der Waals surface area contributed by atoms with E-state index in [0.29, 0.717) is 30.2 Å². The predicted molar refractivity (Wildman–Crippen MR) is 133 cm³/mol. The summed E-state index contributed by atoms with van der Waals surface area (Å²) in [6.45, 7) is 6.04. The van der Waals surface area contributed by atoms with Gasteiger partial charge in [0.05, 0.1) is 18.2 Å². The van der Waals surface area contributed by atoms with E-state index >= 15 is 0 Å². The van der Waals surface area contributed by atoms with E-state index in [2.05, 4.69) is 21.7 Å². The predicted octanol–water partition coefficient (Wildman–Crippen LogP) is 3.02. The Hall–Kier alpha value is -2.62. The number of carbonyl (C=O) groups is 2. The molecule has 0 fully saturated rings. The van der Waals surface area contributed by atoms with Crippen LogP contribution >= 0.6 is 24.0 Å². The molecule has 8 heteroatoms. The van der Waals surface area contributed by atoms with Crippen LogP contribution in [0.2, 0.25) is 0 Å². The molecule has 2 N–H and O–H groups in total. The molecule has 1 heterocycles. The lowest BCUT2D eigenvalue weighted by Crippen LogP contribution is -2.43. The summed E-state index contributed by atoms with van der Waals surface area (Å²) in [5, 5.41) is 6.39. The molecule has 2 aromatic rings. The van der Waals surface area contributed by atoms with Crippen LogP contribution < -0.4 is 15.4 Å². The topological polar surface area (TPSA) is 83.0 Å². The summed E-state index contributed by atoms with van der Waals surface area (Å²) in [5.74, 6) is 1.05. The van der Waals surface area contributed by atoms with E-state index in [9.17, 15) is 9.59 Å². The maximum atomic E-state index is 12.4. The highest BCUT2D eigenvalue weighted by atomic mass is 127. The lowest BCUT2D eigenvalue weighted by molar-refractivity contribution is 0.0657. The summed E-state index contributed by atoms with van der Waals surface area (Å²) in [5.41, 5.74) is 3.20. The second kappa shape index (κ2) is 11.7. The number of nitrogens with zero attached hydrogens (tertiary/aromatic N) is 2. The maximum Gasteiger partial charge on any atom is 0.261 e. The first-order valence-electron chi connectivity index (χ1n) is 10.2. The Balaban J connectivity index is 0.00000341. The quantitative estimate of drug-likeness (QED) is 0.235. The van der Waals surface area contributed by atoms with E-state index in [1.807, 2.05) is 26.0 Å². The molecule has 1 aliphatic rings. The summed E-state index contributed by atoms with van der Waals surface area (Å²) in [6.07, 6.45) is 0.783. The molecule has 2 amide bonds. The number of fused-ring (bicyclic) bond motifs is 1. The third-order valence-corrected chi connectivity index (χ3v) is 4.99. The van der Waals surface area contributed by atoms with Crippen molar-refractivity contribution in [3.05, 3.63) is 64.7 Å². The Labute approximate surface area is 200 Å². The van der Waals surface area contributed by atoms with Gasteiger partial charge in [0, 0.05) is 26.2 Å². The van der Waals surface area contributed by atoms with Crippen molar-refractivity contribution >= 4 is 41.8 Å². The Morgan fingerprint density at radius 1 is 1.06 bits per heavy atom. The van der Waals surface area contributed by atoms with Gasteiger partial charge >= 0.3 is 0 Å². The molecule has 0 aliphatic carbocycles. The number of nitrogens with one attached hydrogen (secondary N) is 2. The molecule has 0 saturated heterocycles. The van der Waals surface area contributed by atoms with Crippen LogP contribution in [0.25, 0.3) is 0 Å². The van der Waals surface area contributed by atoms with Crippen molar-refractivity contribution in [3.8, 4) is 5.75 Å². The number of rotatable bonds is 8. The van der Waals surface area contributed by atoms with Gasteiger partial charge in [-0.3, -0.25) is 19.5 Å². The Kier molecular flexibility index (Phi) is 9.29. The molecule has 0 saturated carbocycles. The van der Waals surface area contributed by atoms with Gasteiger partial charge in [0.2, 0.25) is 0 Å². The zero-order valence-electron chi connectivity index (χ0n) is 18.1. The summed E-state index contributed by atoms with van der Waals surface area (Å²) in [6, 6.07) is 13.1. The van der Waals surface area contributed by atoms with Crippen molar-refractivity contribution in [2.45, 2.75) is 20.3 Å². The Morgan fingerprint density at radius 3 is 2.35 bits per heavy atom. The SMILES string of the molecule is CCNC(=NCCc1ccc(C)c(OC)c1)NCCN1C(=O)c2ccccc2C1=O.I. The van der Waals surface area contributed by atoms with Crippen LogP contribution in [0.3, 0.4) is 0 Å². The number of ether oxygens (including phenoxy) is 1. The molecule has 0 aromatic heterocycles. The lowest BCUT2D eigenvalue weighted by atomic mass is 10.1. The largest absolute Gasteiger partial charge is 0.496 e. The number of amides is 2. The lowest BCUT2D eigenvalue weighted by Gasteiger charge is -2.16. The molecule has 166 valence electrons. The third kappa shape index (κ3) is 5.96. The first-order valence-corrected chi connectivity index (χ1v) is 10.2.